The number of ether oxygens (including phenoxy) is 1. The summed E-state index contributed by atoms with van der Waals surface area (Å²) in [5.74, 6) is 1.57. The molecule has 0 saturated heterocycles. The number of para-hydroxylation sites is 1. The molecule has 0 bridgehead atoms. The molecule has 102 valence electrons. The molecule has 1 atom stereocenters. The lowest BCUT2D eigenvalue weighted by Gasteiger charge is -2.15. The molecule has 1 nitrogen and oxygen atoms in total. The molecule has 1 aromatic carbocycles. The Balaban J connectivity index is 2.06. The first-order valence-electron chi connectivity index (χ1n) is 6.15. The Labute approximate surface area is 135 Å². The van der Waals surface area contributed by atoms with Crippen molar-refractivity contribution < 1.29 is 4.74 Å². The average molecular weight is 404 g/mol. The van der Waals surface area contributed by atoms with Gasteiger partial charge in [0.15, 0.2) is 0 Å². The normalized spacial score (nSPS) is 12.4. The van der Waals surface area contributed by atoms with Crippen molar-refractivity contribution in [1.29, 1.82) is 0 Å². The number of rotatable bonds is 6. The number of hydrogen-bond donors (Lipinski definition) is 0. The van der Waals surface area contributed by atoms with Crippen molar-refractivity contribution in [2.24, 2.45) is 5.92 Å². The fraction of sp³-hybridized carbons (Fsp3) is 0.333. The molecule has 0 amide bonds. The summed E-state index contributed by atoms with van der Waals surface area (Å²) in [6.45, 7) is 0. The van der Waals surface area contributed by atoms with E-state index in [2.05, 4.69) is 56.1 Å². The first-order valence-corrected chi connectivity index (χ1v) is 8.88. The maximum absolute atomic E-state index is 5.42. The summed E-state index contributed by atoms with van der Waals surface area (Å²) < 4.78 is 6.63. The summed E-state index contributed by atoms with van der Waals surface area (Å²) in [7, 11) is 1.73. The molecule has 1 heterocycles. The summed E-state index contributed by atoms with van der Waals surface area (Å²) >= 11 is 8.97. The van der Waals surface area contributed by atoms with Gasteiger partial charge in [-0.3, -0.25) is 0 Å². The van der Waals surface area contributed by atoms with Crippen LogP contribution in [0.1, 0.15) is 10.4 Å². The Morgan fingerprint density at radius 3 is 2.58 bits per heavy atom. The van der Waals surface area contributed by atoms with Gasteiger partial charge in [-0.1, -0.05) is 34.1 Å². The monoisotopic (exact) mass is 402 g/mol. The molecule has 0 aliphatic carbocycles. The molecule has 0 N–H and O–H groups in total. The molecule has 2 rings (SSSR count). The zero-order valence-corrected chi connectivity index (χ0v) is 14.7. The van der Waals surface area contributed by atoms with Gasteiger partial charge in [-0.2, -0.15) is 0 Å². The Morgan fingerprint density at radius 1 is 1.16 bits per heavy atom. The Morgan fingerprint density at radius 2 is 1.95 bits per heavy atom. The minimum atomic E-state index is 0.585. The van der Waals surface area contributed by atoms with Gasteiger partial charge in [-0.15, -0.1) is 11.3 Å². The third-order valence-corrected chi connectivity index (χ3v) is 5.60. The van der Waals surface area contributed by atoms with Crippen LogP contribution in [0.3, 0.4) is 0 Å². The van der Waals surface area contributed by atoms with E-state index < -0.39 is 0 Å². The number of methoxy groups -OCH3 is 1. The van der Waals surface area contributed by atoms with Crippen molar-refractivity contribution in [2.75, 3.05) is 12.4 Å². The van der Waals surface area contributed by atoms with Gasteiger partial charge in [0.1, 0.15) is 5.75 Å². The molecule has 4 heteroatoms. The highest BCUT2D eigenvalue weighted by Crippen LogP contribution is 2.28. The highest BCUT2D eigenvalue weighted by Gasteiger charge is 2.13. The predicted molar refractivity (Wildman–Crippen MR) is 89.7 cm³/mol. The number of halogens is 2. The first-order chi connectivity index (χ1) is 9.22. The molecule has 0 spiro atoms. The average Bonchev–Trinajstić information content (AvgIpc) is 2.84. The summed E-state index contributed by atoms with van der Waals surface area (Å²) in [5, 5.41) is 1.00. The van der Waals surface area contributed by atoms with Crippen molar-refractivity contribution in [3.8, 4) is 5.75 Å². The van der Waals surface area contributed by atoms with E-state index in [1.54, 1.807) is 7.11 Å². The van der Waals surface area contributed by atoms with E-state index in [4.69, 9.17) is 4.74 Å². The van der Waals surface area contributed by atoms with Crippen LogP contribution in [0.4, 0.5) is 0 Å². The largest absolute Gasteiger partial charge is 0.496 e. The predicted octanol–water partition coefficient (Wildman–Crippen LogP) is 5.32. The van der Waals surface area contributed by atoms with Gasteiger partial charge < -0.3 is 4.74 Å². The smallest absolute Gasteiger partial charge is 0.122 e. The Hall–Kier alpha value is -0.320. The fourth-order valence-corrected chi connectivity index (χ4v) is 4.17. The molecule has 1 unspecified atom stereocenters. The van der Waals surface area contributed by atoms with Crippen molar-refractivity contribution in [3.05, 3.63) is 50.6 Å². The summed E-state index contributed by atoms with van der Waals surface area (Å²) in [5.41, 5.74) is 1.28. The molecular formula is C15H16Br2OS. The second-order valence-electron chi connectivity index (χ2n) is 4.45. The Kier molecular flexibility index (Phi) is 5.92. The highest BCUT2D eigenvalue weighted by molar-refractivity contribution is 9.11. The number of thiophene rings is 1. The van der Waals surface area contributed by atoms with Crippen LogP contribution in [0, 0.1) is 5.92 Å². The maximum Gasteiger partial charge on any atom is 0.122 e. The van der Waals surface area contributed by atoms with Gasteiger partial charge in [-0.25, -0.2) is 0 Å². The minimum Gasteiger partial charge on any atom is -0.496 e. The highest BCUT2D eigenvalue weighted by atomic mass is 79.9. The molecule has 0 fully saturated rings. The fourth-order valence-electron chi connectivity index (χ4n) is 2.11. The molecule has 1 aromatic heterocycles. The quantitative estimate of drug-likeness (QED) is 0.593. The standard InChI is InChI=1S/C15H16Br2OS/c1-18-14-5-3-2-4-12(14)8-11(10-16)9-13-6-7-15(17)19-13/h2-7,11H,8-10H2,1H3. The molecule has 0 aliphatic heterocycles. The number of benzene rings is 1. The van der Waals surface area contributed by atoms with Gasteiger partial charge in [0.25, 0.3) is 0 Å². The summed E-state index contributed by atoms with van der Waals surface area (Å²) in [6, 6.07) is 12.6. The molecular weight excluding hydrogens is 388 g/mol. The lowest BCUT2D eigenvalue weighted by molar-refractivity contribution is 0.406. The van der Waals surface area contributed by atoms with E-state index in [0.717, 1.165) is 23.9 Å². The minimum absolute atomic E-state index is 0.585. The van der Waals surface area contributed by atoms with Gasteiger partial charge in [-0.05, 0) is 58.5 Å². The van der Waals surface area contributed by atoms with Crippen LogP contribution in [0.5, 0.6) is 5.75 Å². The third kappa shape index (κ3) is 4.33. The molecule has 0 saturated carbocycles. The first kappa shape index (κ1) is 15.1. The van der Waals surface area contributed by atoms with Crippen LogP contribution in [-0.4, -0.2) is 12.4 Å². The maximum atomic E-state index is 5.42. The third-order valence-electron chi connectivity index (χ3n) is 3.04. The van der Waals surface area contributed by atoms with Crippen molar-refractivity contribution in [2.45, 2.75) is 12.8 Å². The van der Waals surface area contributed by atoms with Crippen molar-refractivity contribution in [3.63, 3.8) is 0 Å². The van der Waals surface area contributed by atoms with Gasteiger partial charge >= 0.3 is 0 Å². The SMILES string of the molecule is COc1ccccc1CC(CBr)Cc1ccc(Br)s1. The van der Waals surface area contributed by atoms with Crippen LogP contribution in [0.25, 0.3) is 0 Å². The molecule has 0 aliphatic rings. The number of hydrogen-bond acceptors (Lipinski definition) is 2. The second-order valence-corrected chi connectivity index (χ2v) is 7.64. The van der Waals surface area contributed by atoms with Crippen LogP contribution in [-0.2, 0) is 12.8 Å². The van der Waals surface area contributed by atoms with Crippen LogP contribution < -0.4 is 4.74 Å². The Bertz CT molecular complexity index is 524. The van der Waals surface area contributed by atoms with Crippen LogP contribution in [0.2, 0.25) is 0 Å². The summed E-state index contributed by atoms with van der Waals surface area (Å²) in [6.07, 6.45) is 2.13. The lowest BCUT2D eigenvalue weighted by Crippen LogP contribution is -2.10. The molecule has 19 heavy (non-hydrogen) atoms. The van der Waals surface area contributed by atoms with Gasteiger partial charge in [0.2, 0.25) is 0 Å². The lowest BCUT2D eigenvalue weighted by atomic mass is 9.97. The van der Waals surface area contributed by atoms with E-state index in [1.165, 1.54) is 14.2 Å². The van der Waals surface area contributed by atoms with E-state index >= 15 is 0 Å². The van der Waals surface area contributed by atoms with Gasteiger partial charge in [0.05, 0.1) is 10.9 Å². The van der Waals surface area contributed by atoms with E-state index in [9.17, 15) is 0 Å². The zero-order chi connectivity index (χ0) is 13.7. The second kappa shape index (κ2) is 7.46. The van der Waals surface area contributed by atoms with E-state index in [-0.39, 0.29) is 0 Å². The van der Waals surface area contributed by atoms with Crippen molar-refractivity contribution >= 4 is 43.2 Å². The molecule has 2 aromatic rings. The molecule has 0 radical (unpaired) electrons. The van der Waals surface area contributed by atoms with Crippen LogP contribution >= 0.6 is 43.2 Å². The van der Waals surface area contributed by atoms with Crippen LogP contribution in [0.15, 0.2) is 40.2 Å². The van der Waals surface area contributed by atoms with E-state index in [1.807, 2.05) is 23.5 Å². The summed E-state index contributed by atoms with van der Waals surface area (Å²) in [4.78, 5) is 1.42. The topological polar surface area (TPSA) is 9.23 Å². The zero-order valence-electron chi connectivity index (χ0n) is 10.7. The number of alkyl halides is 1. The van der Waals surface area contributed by atoms with E-state index in [0.29, 0.717) is 5.92 Å². The van der Waals surface area contributed by atoms with Crippen molar-refractivity contribution in [1.82, 2.24) is 0 Å². The van der Waals surface area contributed by atoms with Gasteiger partial charge in [0, 0.05) is 10.2 Å².